The molecule has 2 aromatic rings. The van der Waals surface area contributed by atoms with Gasteiger partial charge in [-0.1, -0.05) is 13.0 Å². The molecular formula is C19H21NO5. The quantitative estimate of drug-likeness (QED) is 0.766. The molecule has 0 heterocycles. The Balaban J connectivity index is 2.06. The second kappa shape index (κ2) is 8.73. The van der Waals surface area contributed by atoms with Crippen molar-refractivity contribution in [1.29, 1.82) is 0 Å². The number of hydrogen-bond acceptors (Lipinski definition) is 4. The number of benzene rings is 2. The second-order valence-electron chi connectivity index (χ2n) is 5.49. The van der Waals surface area contributed by atoms with Crippen molar-refractivity contribution in [2.75, 3.05) is 18.5 Å². The molecule has 132 valence electrons. The van der Waals surface area contributed by atoms with Crippen LogP contribution in [-0.2, 0) is 4.79 Å². The number of aryl methyl sites for hydroxylation is 1. The third kappa shape index (κ3) is 5.53. The normalized spacial score (nSPS) is 10.2. The van der Waals surface area contributed by atoms with Gasteiger partial charge in [-0.15, -0.1) is 0 Å². The maximum absolute atomic E-state index is 12.4. The standard InChI is InChI=1S/C19H21NO5/c1-3-9-24-16-7-8-17(13(2)10-16)20-19(23)14-5-4-6-15(11-14)25-12-18(21)22/h4-8,10-11H,3,9,12H2,1-2H3,(H,20,23)(H,21,22). The van der Waals surface area contributed by atoms with Crippen LogP contribution in [0.5, 0.6) is 11.5 Å². The third-order valence-electron chi connectivity index (χ3n) is 3.38. The minimum absolute atomic E-state index is 0.300. The van der Waals surface area contributed by atoms with Gasteiger partial charge in [-0.25, -0.2) is 4.79 Å². The minimum Gasteiger partial charge on any atom is -0.494 e. The summed E-state index contributed by atoms with van der Waals surface area (Å²) in [5.41, 5.74) is 1.96. The van der Waals surface area contributed by atoms with Crippen molar-refractivity contribution in [2.24, 2.45) is 0 Å². The van der Waals surface area contributed by atoms with Gasteiger partial charge in [0.25, 0.3) is 5.91 Å². The van der Waals surface area contributed by atoms with Crippen molar-refractivity contribution < 1.29 is 24.2 Å². The van der Waals surface area contributed by atoms with Crippen molar-refractivity contribution in [1.82, 2.24) is 0 Å². The molecule has 0 atom stereocenters. The molecule has 1 amide bonds. The van der Waals surface area contributed by atoms with Gasteiger partial charge in [0.15, 0.2) is 6.61 Å². The molecule has 0 aliphatic rings. The van der Waals surface area contributed by atoms with E-state index >= 15 is 0 Å². The van der Waals surface area contributed by atoms with Crippen LogP contribution in [0.4, 0.5) is 5.69 Å². The van der Waals surface area contributed by atoms with Gasteiger partial charge >= 0.3 is 5.97 Å². The van der Waals surface area contributed by atoms with E-state index in [-0.39, 0.29) is 5.91 Å². The van der Waals surface area contributed by atoms with E-state index in [4.69, 9.17) is 14.6 Å². The summed E-state index contributed by atoms with van der Waals surface area (Å²) in [5, 5.41) is 11.5. The van der Waals surface area contributed by atoms with E-state index in [1.54, 1.807) is 24.3 Å². The summed E-state index contributed by atoms with van der Waals surface area (Å²) in [6.07, 6.45) is 0.928. The molecule has 6 heteroatoms. The van der Waals surface area contributed by atoms with Crippen molar-refractivity contribution in [3.05, 3.63) is 53.6 Å². The van der Waals surface area contributed by atoms with E-state index in [0.29, 0.717) is 23.6 Å². The molecule has 0 aliphatic heterocycles. The number of nitrogens with one attached hydrogen (secondary N) is 1. The predicted molar refractivity (Wildman–Crippen MR) is 94.5 cm³/mol. The van der Waals surface area contributed by atoms with Crippen molar-refractivity contribution in [3.63, 3.8) is 0 Å². The molecule has 0 saturated heterocycles. The highest BCUT2D eigenvalue weighted by atomic mass is 16.5. The van der Waals surface area contributed by atoms with Gasteiger partial charge in [0, 0.05) is 11.3 Å². The van der Waals surface area contributed by atoms with Crippen LogP contribution >= 0.6 is 0 Å². The fourth-order valence-corrected chi connectivity index (χ4v) is 2.15. The number of amides is 1. The first kappa shape index (κ1) is 18.3. The van der Waals surface area contributed by atoms with Crippen LogP contribution in [0, 0.1) is 6.92 Å². The Hall–Kier alpha value is -3.02. The summed E-state index contributed by atoms with van der Waals surface area (Å²) >= 11 is 0. The second-order valence-corrected chi connectivity index (χ2v) is 5.49. The monoisotopic (exact) mass is 343 g/mol. The van der Waals surface area contributed by atoms with Gasteiger partial charge in [-0.2, -0.15) is 0 Å². The molecule has 0 bridgehead atoms. The summed E-state index contributed by atoms with van der Waals surface area (Å²) in [7, 11) is 0. The van der Waals surface area contributed by atoms with Gasteiger partial charge in [-0.3, -0.25) is 4.79 Å². The van der Waals surface area contributed by atoms with Crippen LogP contribution in [-0.4, -0.2) is 30.2 Å². The van der Waals surface area contributed by atoms with E-state index in [0.717, 1.165) is 17.7 Å². The zero-order valence-electron chi connectivity index (χ0n) is 14.2. The van der Waals surface area contributed by atoms with Gasteiger partial charge in [-0.05, 0) is 55.3 Å². The zero-order valence-corrected chi connectivity index (χ0v) is 14.2. The van der Waals surface area contributed by atoms with Gasteiger partial charge in [0.1, 0.15) is 11.5 Å². The number of carbonyl (C=O) groups is 2. The minimum atomic E-state index is -1.07. The number of carboxylic acids is 1. The summed E-state index contributed by atoms with van der Waals surface area (Å²) < 4.78 is 10.7. The van der Waals surface area contributed by atoms with E-state index in [1.807, 2.05) is 26.0 Å². The number of rotatable bonds is 8. The highest BCUT2D eigenvalue weighted by molar-refractivity contribution is 6.04. The van der Waals surface area contributed by atoms with Gasteiger partial charge < -0.3 is 19.9 Å². The molecule has 0 saturated carbocycles. The molecule has 2 rings (SSSR count). The molecule has 0 aliphatic carbocycles. The van der Waals surface area contributed by atoms with Crippen LogP contribution < -0.4 is 14.8 Å². The number of carbonyl (C=O) groups excluding carboxylic acids is 1. The molecule has 6 nitrogen and oxygen atoms in total. The first-order chi connectivity index (χ1) is 12.0. The Labute approximate surface area is 146 Å². The summed E-state index contributed by atoms with van der Waals surface area (Å²) in [6, 6.07) is 11.9. The Morgan fingerprint density at radius 3 is 2.52 bits per heavy atom. The smallest absolute Gasteiger partial charge is 0.341 e. The lowest BCUT2D eigenvalue weighted by molar-refractivity contribution is -0.139. The molecule has 2 N–H and O–H groups in total. The van der Waals surface area contributed by atoms with Crippen molar-refractivity contribution in [2.45, 2.75) is 20.3 Å². The maximum atomic E-state index is 12.4. The average molecular weight is 343 g/mol. The van der Waals surface area contributed by atoms with E-state index in [9.17, 15) is 9.59 Å². The third-order valence-corrected chi connectivity index (χ3v) is 3.38. The summed E-state index contributed by atoms with van der Waals surface area (Å²) in [6.45, 7) is 4.12. The molecule has 2 aromatic carbocycles. The highest BCUT2D eigenvalue weighted by Gasteiger charge is 2.10. The number of carboxylic acid groups (broad SMARTS) is 1. The van der Waals surface area contributed by atoms with Crippen molar-refractivity contribution in [3.8, 4) is 11.5 Å². The van der Waals surface area contributed by atoms with Gasteiger partial charge in [0.2, 0.25) is 0 Å². The van der Waals surface area contributed by atoms with Gasteiger partial charge in [0.05, 0.1) is 6.61 Å². The summed E-state index contributed by atoms with van der Waals surface area (Å²) in [4.78, 5) is 22.9. The number of ether oxygens (including phenoxy) is 2. The maximum Gasteiger partial charge on any atom is 0.341 e. The van der Waals surface area contributed by atoms with E-state index < -0.39 is 12.6 Å². The average Bonchev–Trinajstić information content (AvgIpc) is 2.60. The lowest BCUT2D eigenvalue weighted by Crippen LogP contribution is -2.14. The molecular weight excluding hydrogens is 322 g/mol. The first-order valence-corrected chi connectivity index (χ1v) is 7.99. The summed E-state index contributed by atoms with van der Waals surface area (Å²) in [5.74, 6) is -0.279. The fraction of sp³-hybridized carbons (Fsp3) is 0.263. The number of hydrogen-bond donors (Lipinski definition) is 2. The topological polar surface area (TPSA) is 84.9 Å². The van der Waals surface area contributed by atoms with E-state index in [1.165, 1.54) is 6.07 Å². The van der Waals surface area contributed by atoms with Crippen molar-refractivity contribution >= 4 is 17.6 Å². The SMILES string of the molecule is CCCOc1ccc(NC(=O)c2cccc(OCC(=O)O)c2)c(C)c1. The molecule has 0 unspecified atom stereocenters. The Kier molecular flexibility index (Phi) is 6.39. The van der Waals surface area contributed by atoms with Crippen LogP contribution in [0.1, 0.15) is 29.3 Å². The van der Waals surface area contributed by atoms with Crippen LogP contribution in [0.2, 0.25) is 0 Å². The Bertz CT molecular complexity index is 757. The Morgan fingerprint density at radius 2 is 1.84 bits per heavy atom. The fourth-order valence-electron chi connectivity index (χ4n) is 2.15. The molecule has 0 fully saturated rings. The molecule has 0 radical (unpaired) electrons. The first-order valence-electron chi connectivity index (χ1n) is 7.99. The van der Waals surface area contributed by atoms with Crippen LogP contribution in [0.3, 0.4) is 0 Å². The highest BCUT2D eigenvalue weighted by Crippen LogP contribution is 2.23. The van der Waals surface area contributed by atoms with Crippen LogP contribution in [0.25, 0.3) is 0 Å². The lowest BCUT2D eigenvalue weighted by Gasteiger charge is -2.11. The number of aliphatic carboxylic acids is 1. The Morgan fingerprint density at radius 1 is 1.08 bits per heavy atom. The largest absolute Gasteiger partial charge is 0.494 e. The zero-order chi connectivity index (χ0) is 18.2. The lowest BCUT2D eigenvalue weighted by atomic mass is 10.1. The van der Waals surface area contributed by atoms with E-state index in [2.05, 4.69) is 5.32 Å². The molecule has 0 aromatic heterocycles. The molecule has 25 heavy (non-hydrogen) atoms. The number of anilines is 1. The van der Waals surface area contributed by atoms with Crippen LogP contribution in [0.15, 0.2) is 42.5 Å². The predicted octanol–water partition coefficient (Wildman–Crippen LogP) is 3.50. The molecule has 0 spiro atoms.